The Kier molecular flexibility index (Phi) is 10.3. The van der Waals surface area contributed by atoms with Gasteiger partial charge < -0.3 is 15.2 Å². The van der Waals surface area contributed by atoms with Crippen LogP contribution in [0.1, 0.15) is 123 Å². The molecule has 37 heavy (non-hydrogen) atoms. The number of aliphatic hydroxyl groups excluding tert-OH is 1. The van der Waals surface area contributed by atoms with E-state index in [1.807, 2.05) is 12.1 Å². The number of aliphatic hydroxyl groups is 1. The lowest BCUT2D eigenvalue weighted by atomic mass is 9.51. The highest BCUT2D eigenvalue weighted by Crippen LogP contribution is 2.59. The highest BCUT2D eigenvalue weighted by Gasteiger charge is 2.49. The van der Waals surface area contributed by atoms with E-state index in [0.29, 0.717) is 17.3 Å². The molecule has 2 rings (SSSR count). The normalized spacial score (nSPS) is 16.2. The van der Waals surface area contributed by atoms with Crippen molar-refractivity contribution >= 4 is 12.6 Å². The molecule has 3 unspecified atom stereocenters. The second-order valence-corrected chi connectivity index (χ2v) is 14.0. The predicted octanol–water partition coefficient (Wildman–Crippen LogP) is 7.43. The van der Waals surface area contributed by atoms with Crippen LogP contribution in [0.25, 0.3) is 0 Å². The van der Waals surface area contributed by atoms with Crippen LogP contribution in [0.3, 0.4) is 0 Å². The first kappa shape index (κ1) is 31.6. The lowest BCUT2D eigenvalue weighted by Gasteiger charge is -2.53. The number of rotatable bonds is 12. The van der Waals surface area contributed by atoms with Gasteiger partial charge in [-0.25, -0.2) is 0 Å². The van der Waals surface area contributed by atoms with Gasteiger partial charge in [-0.2, -0.15) is 0 Å². The molecule has 0 bridgehead atoms. The maximum absolute atomic E-state index is 9.63. The van der Waals surface area contributed by atoms with Gasteiger partial charge in [0.2, 0.25) is 0 Å². The molecule has 4 heteroatoms. The van der Waals surface area contributed by atoms with E-state index in [-0.39, 0.29) is 28.3 Å². The van der Waals surface area contributed by atoms with Crippen molar-refractivity contribution in [1.29, 1.82) is 0 Å². The van der Waals surface area contributed by atoms with Gasteiger partial charge in [0, 0.05) is 0 Å². The third kappa shape index (κ3) is 7.49. The zero-order valence-electron chi connectivity index (χ0n) is 25.2. The third-order valence-corrected chi connectivity index (χ3v) is 9.73. The largest absolute Gasteiger partial charge is 0.488 e. The zero-order valence-corrected chi connectivity index (χ0v) is 25.2. The summed E-state index contributed by atoms with van der Waals surface area (Å²) in [7, 11) is -1.44. The van der Waals surface area contributed by atoms with Crippen LogP contribution in [-0.4, -0.2) is 22.3 Å². The lowest BCUT2D eigenvalue weighted by Crippen LogP contribution is -2.43. The van der Waals surface area contributed by atoms with Crippen LogP contribution in [0, 0.1) is 21.7 Å². The van der Waals surface area contributed by atoms with Gasteiger partial charge >= 0.3 is 7.12 Å². The molecular formula is C33H53BO3. The van der Waals surface area contributed by atoms with Crippen LogP contribution in [0.4, 0.5) is 0 Å². The van der Waals surface area contributed by atoms with E-state index in [2.05, 4.69) is 106 Å². The van der Waals surface area contributed by atoms with Crippen molar-refractivity contribution in [1.82, 2.24) is 0 Å². The van der Waals surface area contributed by atoms with Crippen LogP contribution in [0.5, 0.6) is 0 Å². The second-order valence-electron chi connectivity index (χ2n) is 14.0. The molecule has 2 aromatic carbocycles. The Morgan fingerprint density at radius 1 is 0.676 bits per heavy atom. The summed E-state index contributed by atoms with van der Waals surface area (Å²) in [6.45, 7) is 23.8. The smallest absolute Gasteiger partial charge is 0.423 e. The second kappa shape index (κ2) is 12.1. The monoisotopic (exact) mass is 508 g/mol. The molecule has 3 N–H and O–H groups in total. The van der Waals surface area contributed by atoms with Crippen molar-refractivity contribution in [3.63, 3.8) is 0 Å². The minimum atomic E-state index is -1.44. The fourth-order valence-corrected chi connectivity index (χ4v) is 5.98. The molecule has 3 nitrogen and oxygen atoms in total. The van der Waals surface area contributed by atoms with Crippen molar-refractivity contribution in [3.8, 4) is 0 Å². The summed E-state index contributed by atoms with van der Waals surface area (Å²) in [4.78, 5) is 0. The van der Waals surface area contributed by atoms with Crippen molar-refractivity contribution in [2.24, 2.45) is 21.7 Å². The fraction of sp³-hybridized carbons (Fsp3) is 0.636. The fourth-order valence-electron chi connectivity index (χ4n) is 5.98. The molecule has 0 amide bonds. The molecule has 0 aromatic heterocycles. The summed E-state index contributed by atoms with van der Waals surface area (Å²) in [5.74, 6) is 0.696. The van der Waals surface area contributed by atoms with Crippen molar-refractivity contribution in [2.45, 2.75) is 113 Å². The van der Waals surface area contributed by atoms with Gasteiger partial charge in [-0.1, -0.05) is 131 Å². The summed E-state index contributed by atoms with van der Waals surface area (Å²) in [5, 5.41) is 28.9. The first-order chi connectivity index (χ1) is 17.0. The van der Waals surface area contributed by atoms with Crippen LogP contribution < -0.4 is 5.46 Å². The zero-order chi connectivity index (χ0) is 28.2. The van der Waals surface area contributed by atoms with E-state index in [1.165, 1.54) is 11.1 Å². The highest BCUT2D eigenvalue weighted by atomic mass is 16.4. The maximum Gasteiger partial charge on any atom is 0.488 e. The Hall–Kier alpha value is -1.62. The highest BCUT2D eigenvalue weighted by molar-refractivity contribution is 6.58. The van der Waals surface area contributed by atoms with Crippen LogP contribution >= 0.6 is 0 Å². The Morgan fingerprint density at radius 3 is 1.57 bits per heavy atom. The molecule has 0 radical (unpaired) electrons. The van der Waals surface area contributed by atoms with Crippen molar-refractivity contribution in [2.75, 3.05) is 0 Å². The number of hydrogen-bond acceptors (Lipinski definition) is 3. The molecule has 0 saturated heterocycles. The quantitative estimate of drug-likeness (QED) is 0.261. The number of benzene rings is 2. The average molecular weight is 509 g/mol. The van der Waals surface area contributed by atoms with Gasteiger partial charge in [-0.15, -0.1) is 0 Å². The molecule has 0 fully saturated rings. The molecule has 2 aromatic rings. The Balaban J connectivity index is 2.59. The van der Waals surface area contributed by atoms with Crippen LogP contribution in [0.2, 0.25) is 0 Å². The molecule has 206 valence electrons. The third-order valence-electron chi connectivity index (χ3n) is 9.73. The Morgan fingerprint density at radius 2 is 1.16 bits per heavy atom. The minimum Gasteiger partial charge on any atom is -0.423 e. The first-order valence-electron chi connectivity index (χ1n) is 14.2. The minimum absolute atomic E-state index is 0.000927. The molecule has 0 saturated carbocycles. The van der Waals surface area contributed by atoms with Gasteiger partial charge in [0.15, 0.2) is 0 Å². The van der Waals surface area contributed by atoms with E-state index in [9.17, 15) is 15.2 Å². The molecular weight excluding hydrogens is 455 g/mol. The van der Waals surface area contributed by atoms with E-state index >= 15 is 0 Å². The summed E-state index contributed by atoms with van der Waals surface area (Å²) in [6.07, 6.45) is 4.27. The van der Waals surface area contributed by atoms with Crippen LogP contribution in [0.15, 0.2) is 48.5 Å². The van der Waals surface area contributed by atoms with E-state index < -0.39 is 7.12 Å². The van der Waals surface area contributed by atoms with Gasteiger partial charge in [-0.3, -0.25) is 0 Å². The summed E-state index contributed by atoms with van der Waals surface area (Å²) in [5.41, 5.74) is 4.42. The van der Waals surface area contributed by atoms with E-state index in [1.54, 1.807) is 0 Å². The average Bonchev–Trinajstić information content (AvgIpc) is 2.85. The molecule has 3 atom stereocenters. The van der Waals surface area contributed by atoms with E-state index in [0.717, 1.165) is 31.2 Å². The van der Waals surface area contributed by atoms with Gasteiger partial charge in [0.25, 0.3) is 0 Å². The predicted molar refractivity (Wildman–Crippen MR) is 159 cm³/mol. The molecule has 0 heterocycles. The van der Waals surface area contributed by atoms with Gasteiger partial charge in [0.05, 0.1) is 6.61 Å². The van der Waals surface area contributed by atoms with Gasteiger partial charge in [0.1, 0.15) is 0 Å². The van der Waals surface area contributed by atoms with E-state index in [4.69, 9.17) is 0 Å². The Bertz CT molecular complexity index is 970. The van der Waals surface area contributed by atoms with Crippen LogP contribution in [-0.2, 0) is 6.61 Å². The summed E-state index contributed by atoms with van der Waals surface area (Å²) >= 11 is 0. The molecule has 0 spiro atoms. The topological polar surface area (TPSA) is 60.7 Å². The van der Waals surface area contributed by atoms with Crippen molar-refractivity contribution < 1.29 is 15.2 Å². The van der Waals surface area contributed by atoms with Gasteiger partial charge in [-0.05, 0) is 68.5 Å². The number of hydrogen-bond donors (Lipinski definition) is 3. The molecule has 0 aliphatic rings. The maximum atomic E-state index is 9.63. The first-order valence-corrected chi connectivity index (χ1v) is 14.2. The lowest BCUT2D eigenvalue weighted by molar-refractivity contribution is 0.00923. The Labute approximate surface area is 227 Å². The van der Waals surface area contributed by atoms with Crippen molar-refractivity contribution in [3.05, 3.63) is 65.2 Å². The SMILES string of the molecule is CCC(C)(C)C(CC(C)(CC)C(C)(C)C(CC(C)(C)C)c1ccc(CO)cc1)c1ccc(B(O)O)cc1. The standard InChI is InChI=1S/C33H53BO3/c1-11-31(6,7)28(25-17-19-27(20-18-25)34(36)37)22-33(10,12-2)32(8,9)29(21-30(3,4)5)26-15-13-24(23-35)14-16-26/h13-20,28-29,35-37H,11-12,21-23H2,1-10H3. The summed E-state index contributed by atoms with van der Waals surface area (Å²) < 4.78 is 0. The molecule has 0 aliphatic carbocycles. The molecule has 0 aliphatic heterocycles. The summed E-state index contributed by atoms with van der Waals surface area (Å²) in [6, 6.07) is 16.5.